The molecule has 0 aliphatic heterocycles. The normalized spacial score (nSPS) is 11.5. The average molecular weight is 353 g/mol. The van der Waals surface area contributed by atoms with Crippen LogP contribution in [0, 0.1) is 13.8 Å². The number of likely N-dealkylation sites (N-methyl/N-ethyl adjacent to an activating group) is 1. The van der Waals surface area contributed by atoms with E-state index < -0.39 is 6.04 Å². The minimum Gasteiger partial charge on any atom is -0.491 e. The third kappa shape index (κ3) is 4.97. The van der Waals surface area contributed by atoms with E-state index in [0.29, 0.717) is 13.2 Å². The quantitative estimate of drug-likeness (QED) is 0.747. The van der Waals surface area contributed by atoms with E-state index in [9.17, 15) is 4.79 Å². The molecule has 0 radical (unpaired) electrons. The third-order valence-corrected chi connectivity index (χ3v) is 3.67. The average Bonchev–Trinajstić information content (AvgIpc) is 2.93. The summed E-state index contributed by atoms with van der Waals surface area (Å²) in [6.07, 6.45) is 3.52. The maximum absolute atomic E-state index is 12.3. The van der Waals surface area contributed by atoms with Crippen molar-refractivity contribution in [2.24, 2.45) is 7.05 Å². The number of halogens is 1. The molecule has 132 valence electrons. The number of aromatic nitrogens is 2. The number of ether oxygens (including phenoxy) is 1. The fourth-order valence-electron chi connectivity index (χ4n) is 2.49. The molecule has 1 aromatic carbocycles. The lowest BCUT2D eigenvalue weighted by molar-refractivity contribution is -0.123. The first-order valence-electron chi connectivity index (χ1n) is 7.65. The Hall–Kier alpha value is -2.05. The Morgan fingerprint density at radius 3 is 2.54 bits per heavy atom. The molecule has 1 atom stereocenters. The molecule has 2 aromatic rings. The van der Waals surface area contributed by atoms with Crippen molar-refractivity contribution in [2.45, 2.75) is 19.9 Å². The third-order valence-electron chi connectivity index (χ3n) is 3.67. The second-order valence-electron chi connectivity index (χ2n) is 5.53. The minimum absolute atomic E-state index is 0. The highest BCUT2D eigenvalue weighted by Crippen LogP contribution is 2.21. The molecule has 1 aromatic heterocycles. The molecular formula is C17H25ClN4O2. The van der Waals surface area contributed by atoms with E-state index in [1.165, 1.54) is 0 Å². The molecule has 1 amide bonds. The van der Waals surface area contributed by atoms with Gasteiger partial charge in [-0.3, -0.25) is 9.48 Å². The van der Waals surface area contributed by atoms with Crippen LogP contribution < -0.4 is 15.4 Å². The van der Waals surface area contributed by atoms with Gasteiger partial charge >= 0.3 is 0 Å². The number of nitrogens with one attached hydrogen (secondary N) is 2. The Morgan fingerprint density at radius 1 is 1.33 bits per heavy atom. The van der Waals surface area contributed by atoms with Crippen LogP contribution in [0.15, 0.2) is 30.6 Å². The lowest BCUT2D eigenvalue weighted by atomic mass is 10.1. The van der Waals surface area contributed by atoms with Crippen molar-refractivity contribution in [3.05, 3.63) is 47.3 Å². The standard InChI is InChI=1S/C17H24N4O2.ClH/c1-12-6-5-7-13(2)16(12)23-9-8-19-17(22)15(18-3)14-10-20-21(4)11-14;/h5-7,10-11,15,18H,8-9H2,1-4H3,(H,19,22);1H. The van der Waals surface area contributed by atoms with E-state index in [2.05, 4.69) is 15.7 Å². The number of amides is 1. The minimum atomic E-state index is -0.413. The smallest absolute Gasteiger partial charge is 0.241 e. The summed E-state index contributed by atoms with van der Waals surface area (Å²) in [5.41, 5.74) is 3.03. The summed E-state index contributed by atoms with van der Waals surface area (Å²) in [7, 11) is 3.58. The lowest BCUT2D eigenvalue weighted by Gasteiger charge is -2.16. The summed E-state index contributed by atoms with van der Waals surface area (Å²) in [5.74, 6) is 0.796. The molecule has 2 rings (SSSR count). The van der Waals surface area contributed by atoms with Gasteiger partial charge in [-0.25, -0.2) is 0 Å². The van der Waals surface area contributed by atoms with Crippen molar-refractivity contribution in [3.8, 4) is 5.75 Å². The zero-order valence-corrected chi connectivity index (χ0v) is 15.3. The van der Waals surface area contributed by atoms with Crippen molar-refractivity contribution in [3.63, 3.8) is 0 Å². The van der Waals surface area contributed by atoms with Gasteiger partial charge < -0.3 is 15.4 Å². The van der Waals surface area contributed by atoms with E-state index in [-0.39, 0.29) is 18.3 Å². The molecule has 1 unspecified atom stereocenters. The Morgan fingerprint density at radius 2 is 2.00 bits per heavy atom. The first kappa shape index (κ1) is 20.0. The fraction of sp³-hybridized carbons (Fsp3) is 0.412. The van der Waals surface area contributed by atoms with Crippen molar-refractivity contribution in [1.82, 2.24) is 20.4 Å². The van der Waals surface area contributed by atoms with Crippen LogP contribution >= 0.6 is 12.4 Å². The summed E-state index contributed by atoms with van der Waals surface area (Å²) in [6, 6.07) is 5.62. The van der Waals surface area contributed by atoms with Gasteiger partial charge in [0.05, 0.1) is 12.7 Å². The number of hydrogen-bond donors (Lipinski definition) is 2. The predicted octanol–water partition coefficient (Wildman–Crippen LogP) is 1.91. The number of rotatable bonds is 7. The molecule has 0 bridgehead atoms. The monoisotopic (exact) mass is 352 g/mol. The maximum Gasteiger partial charge on any atom is 0.241 e. The maximum atomic E-state index is 12.3. The second-order valence-corrected chi connectivity index (χ2v) is 5.53. The molecule has 0 saturated heterocycles. The van der Waals surface area contributed by atoms with Gasteiger partial charge in [0.2, 0.25) is 5.91 Å². The van der Waals surface area contributed by atoms with Crippen molar-refractivity contribution in [2.75, 3.05) is 20.2 Å². The Kier molecular flexibility index (Phi) is 7.74. The number of benzene rings is 1. The number of aryl methyl sites for hydroxylation is 3. The van der Waals surface area contributed by atoms with Gasteiger partial charge in [0, 0.05) is 18.8 Å². The van der Waals surface area contributed by atoms with Crippen LogP contribution in [0.5, 0.6) is 5.75 Å². The predicted molar refractivity (Wildman–Crippen MR) is 96.7 cm³/mol. The summed E-state index contributed by atoms with van der Waals surface area (Å²) < 4.78 is 7.47. The van der Waals surface area contributed by atoms with Gasteiger partial charge in [0.15, 0.2) is 0 Å². The molecule has 2 N–H and O–H groups in total. The van der Waals surface area contributed by atoms with Crippen LogP contribution in [0.2, 0.25) is 0 Å². The fourth-order valence-corrected chi connectivity index (χ4v) is 2.49. The molecule has 0 spiro atoms. The number of nitrogens with zero attached hydrogens (tertiary/aromatic N) is 2. The van der Waals surface area contributed by atoms with Crippen molar-refractivity contribution in [1.29, 1.82) is 0 Å². The lowest BCUT2D eigenvalue weighted by Crippen LogP contribution is -2.37. The highest BCUT2D eigenvalue weighted by Gasteiger charge is 2.19. The van der Waals surface area contributed by atoms with Crippen LogP contribution in [0.25, 0.3) is 0 Å². The topological polar surface area (TPSA) is 68.2 Å². The summed E-state index contributed by atoms with van der Waals surface area (Å²) in [6.45, 7) is 4.91. The molecule has 0 saturated carbocycles. The van der Waals surface area contributed by atoms with Gasteiger partial charge in [0.25, 0.3) is 0 Å². The largest absolute Gasteiger partial charge is 0.491 e. The summed E-state index contributed by atoms with van der Waals surface area (Å²) in [4.78, 5) is 12.3. The molecule has 0 fully saturated rings. The van der Waals surface area contributed by atoms with Crippen molar-refractivity contribution < 1.29 is 9.53 Å². The molecule has 0 aliphatic rings. The first-order chi connectivity index (χ1) is 11.0. The Bertz CT molecular complexity index is 652. The number of carbonyl (C=O) groups is 1. The summed E-state index contributed by atoms with van der Waals surface area (Å²) >= 11 is 0. The van der Waals surface area contributed by atoms with Gasteiger partial charge in [-0.1, -0.05) is 18.2 Å². The van der Waals surface area contributed by atoms with Crippen molar-refractivity contribution >= 4 is 18.3 Å². The highest BCUT2D eigenvalue weighted by atomic mass is 35.5. The molecule has 7 heteroatoms. The van der Waals surface area contributed by atoms with Crippen LogP contribution in [0.3, 0.4) is 0 Å². The molecule has 24 heavy (non-hydrogen) atoms. The van der Waals surface area contributed by atoms with Crippen LogP contribution in [0.4, 0.5) is 0 Å². The molecule has 6 nitrogen and oxygen atoms in total. The SMILES string of the molecule is CNC(C(=O)NCCOc1c(C)cccc1C)c1cnn(C)c1.Cl. The second kappa shape index (κ2) is 9.30. The van der Waals surface area contributed by atoms with Crippen LogP contribution in [-0.2, 0) is 11.8 Å². The number of carbonyl (C=O) groups excluding carboxylic acids is 1. The molecule has 0 aliphatic carbocycles. The zero-order chi connectivity index (χ0) is 16.8. The summed E-state index contributed by atoms with van der Waals surface area (Å²) in [5, 5.41) is 9.98. The Balaban J connectivity index is 0.00000288. The van der Waals surface area contributed by atoms with E-state index >= 15 is 0 Å². The van der Waals surface area contributed by atoms with Crippen LogP contribution in [-0.4, -0.2) is 35.9 Å². The Labute approximate surface area is 149 Å². The van der Waals surface area contributed by atoms with E-state index in [1.807, 2.05) is 45.3 Å². The zero-order valence-electron chi connectivity index (χ0n) is 14.5. The van der Waals surface area contributed by atoms with E-state index in [4.69, 9.17) is 4.74 Å². The number of para-hydroxylation sites is 1. The molecular weight excluding hydrogens is 328 g/mol. The van der Waals surface area contributed by atoms with Crippen LogP contribution in [0.1, 0.15) is 22.7 Å². The van der Waals surface area contributed by atoms with E-state index in [0.717, 1.165) is 22.4 Å². The molecule has 1 heterocycles. The highest BCUT2D eigenvalue weighted by molar-refractivity contribution is 5.85. The van der Waals surface area contributed by atoms with Gasteiger partial charge in [0.1, 0.15) is 18.4 Å². The first-order valence-corrected chi connectivity index (χ1v) is 7.65. The van der Waals surface area contributed by atoms with Gasteiger partial charge in [-0.2, -0.15) is 5.10 Å². The van der Waals surface area contributed by atoms with Gasteiger partial charge in [-0.05, 0) is 32.0 Å². The number of hydrogen-bond acceptors (Lipinski definition) is 4. The van der Waals surface area contributed by atoms with E-state index in [1.54, 1.807) is 17.9 Å². The van der Waals surface area contributed by atoms with Gasteiger partial charge in [-0.15, -0.1) is 12.4 Å².